The van der Waals surface area contributed by atoms with E-state index in [0.29, 0.717) is 5.11 Å². The van der Waals surface area contributed by atoms with E-state index in [1.165, 1.54) is 29.7 Å². The molecule has 1 aliphatic heterocycles. The van der Waals surface area contributed by atoms with Crippen molar-refractivity contribution in [3.05, 3.63) is 59.7 Å². The van der Waals surface area contributed by atoms with Crippen LogP contribution in [-0.4, -0.2) is 24.7 Å². The van der Waals surface area contributed by atoms with Gasteiger partial charge in [-0.05, 0) is 67.7 Å². The highest BCUT2D eigenvalue weighted by atomic mass is 32.1. The SMILES string of the molecule is Cc1cccc(NC(=S)NCCCN2CCCc3ccccc32)c1. The number of nitrogens with zero attached hydrogens (tertiary/aromatic N) is 1. The topological polar surface area (TPSA) is 27.3 Å². The molecule has 1 heterocycles. The van der Waals surface area contributed by atoms with Gasteiger partial charge in [0.25, 0.3) is 0 Å². The average molecular weight is 340 g/mol. The van der Waals surface area contributed by atoms with Gasteiger partial charge in [0.05, 0.1) is 0 Å². The number of rotatable bonds is 5. The van der Waals surface area contributed by atoms with Gasteiger partial charge in [0.15, 0.2) is 5.11 Å². The average Bonchev–Trinajstić information content (AvgIpc) is 2.59. The fourth-order valence-electron chi connectivity index (χ4n) is 3.21. The predicted molar refractivity (Wildman–Crippen MR) is 107 cm³/mol. The van der Waals surface area contributed by atoms with Crippen molar-refractivity contribution in [1.82, 2.24) is 5.32 Å². The molecule has 126 valence electrons. The van der Waals surface area contributed by atoms with Crippen molar-refractivity contribution in [2.45, 2.75) is 26.2 Å². The molecular formula is C20H25N3S. The minimum Gasteiger partial charge on any atom is -0.371 e. The maximum atomic E-state index is 5.38. The van der Waals surface area contributed by atoms with Crippen LogP contribution in [0.4, 0.5) is 11.4 Å². The molecule has 0 radical (unpaired) electrons. The Morgan fingerprint density at radius 1 is 1.17 bits per heavy atom. The summed E-state index contributed by atoms with van der Waals surface area (Å²) in [7, 11) is 0. The molecule has 3 nitrogen and oxygen atoms in total. The smallest absolute Gasteiger partial charge is 0.170 e. The van der Waals surface area contributed by atoms with Crippen molar-refractivity contribution >= 4 is 28.7 Å². The lowest BCUT2D eigenvalue weighted by molar-refractivity contribution is 0.658. The van der Waals surface area contributed by atoms with Gasteiger partial charge >= 0.3 is 0 Å². The molecule has 4 heteroatoms. The molecule has 0 saturated heterocycles. The molecule has 2 N–H and O–H groups in total. The summed E-state index contributed by atoms with van der Waals surface area (Å²) in [4.78, 5) is 2.50. The second-order valence-corrected chi connectivity index (χ2v) is 6.73. The van der Waals surface area contributed by atoms with Crippen molar-refractivity contribution in [1.29, 1.82) is 0 Å². The number of benzene rings is 2. The van der Waals surface area contributed by atoms with Crippen molar-refractivity contribution in [3.8, 4) is 0 Å². The van der Waals surface area contributed by atoms with Gasteiger partial charge in [-0.1, -0.05) is 30.3 Å². The predicted octanol–water partition coefficient (Wildman–Crippen LogP) is 4.12. The molecule has 0 aliphatic carbocycles. The van der Waals surface area contributed by atoms with Crippen LogP contribution in [0.3, 0.4) is 0 Å². The lowest BCUT2D eigenvalue weighted by atomic mass is 10.0. The molecule has 0 atom stereocenters. The number of aryl methyl sites for hydroxylation is 2. The Labute approximate surface area is 150 Å². The Balaban J connectivity index is 1.42. The highest BCUT2D eigenvalue weighted by molar-refractivity contribution is 7.80. The number of hydrogen-bond donors (Lipinski definition) is 2. The minimum atomic E-state index is 0.694. The van der Waals surface area contributed by atoms with E-state index in [0.717, 1.165) is 31.7 Å². The van der Waals surface area contributed by atoms with E-state index >= 15 is 0 Å². The second kappa shape index (κ2) is 8.15. The quantitative estimate of drug-likeness (QED) is 0.633. The molecule has 0 saturated carbocycles. The Hall–Kier alpha value is -2.07. The van der Waals surface area contributed by atoms with Gasteiger partial charge in [0, 0.05) is 31.0 Å². The molecule has 0 unspecified atom stereocenters. The third-order valence-corrected chi connectivity index (χ3v) is 4.62. The van der Waals surface area contributed by atoms with Crippen LogP contribution in [0, 0.1) is 6.92 Å². The van der Waals surface area contributed by atoms with Crippen LogP contribution in [0.1, 0.15) is 24.0 Å². The van der Waals surface area contributed by atoms with Crippen molar-refractivity contribution in [3.63, 3.8) is 0 Å². The van der Waals surface area contributed by atoms with Crippen LogP contribution in [-0.2, 0) is 6.42 Å². The van der Waals surface area contributed by atoms with Crippen LogP contribution in [0.2, 0.25) is 0 Å². The van der Waals surface area contributed by atoms with E-state index in [2.05, 4.69) is 58.9 Å². The summed E-state index contributed by atoms with van der Waals surface area (Å²) < 4.78 is 0. The van der Waals surface area contributed by atoms with Gasteiger partial charge in [0.1, 0.15) is 0 Å². The zero-order valence-electron chi connectivity index (χ0n) is 14.2. The Bertz CT molecular complexity index is 699. The molecule has 0 fully saturated rings. The summed E-state index contributed by atoms with van der Waals surface area (Å²) in [6.45, 7) is 5.19. The van der Waals surface area contributed by atoms with Crippen molar-refractivity contribution < 1.29 is 0 Å². The number of fused-ring (bicyclic) bond motifs is 1. The number of para-hydroxylation sites is 1. The minimum absolute atomic E-state index is 0.694. The largest absolute Gasteiger partial charge is 0.371 e. The maximum Gasteiger partial charge on any atom is 0.170 e. The summed E-state index contributed by atoms with van der Waals surface area (Å²) in [6, 6.07) is 17.0. The Kier molecular flexibility index (Phi) is 5.70. The molecule has 0 aromatic heterocycles. The molecular weight excluding hydrogens is 314 g/mol. The molecule has 0 amide bonds. The molecule has 2 aromatic rings. The third kappa shape index (κ3) is 4.48. The summed E-state index contributed by atoms with van der Waals surface area (Å²) >= 11 is 5.38. The first-order valence-electron chi connectivity index (χ1n) is 8.67. The number of nitrogens with one attached hydrogen (secondary N) is 2. The standard InChI is InChI=1S/C20H25N3S/c1-16-7-4-10-18(15-16)22-20(24)21-12-6-14-23-13-5-9-17-8-2-3-11-19(17)23/h2-4,7-8,10-11,15H,5-6,9,12-14H2,1H3,(H2,21,22,24). The molecule has 24 heavy (non-hydrogen) atoms. The first-order chi connectivity index (χ1) is 11.7. The Morgan fingerprint density at radius 2 is 2.04 bits per heavy atom. The molecule has 2 aromatic carbocycles. The van der Waals surface area contributed by atoms with Crippen molar-refractivity contribution in [2.75, 3.05) is 29.9 Å². The van der Waals surface area contributed by atoms with Gasteiger partial charge in [-0.3, -0.25) is 0 Å². The summed E-state index contributed by atoms with van der Waals surface area (Å²) in [6.07, 6.45) is 3.52. The number of thiocarbonyl (C=S) groups is 1. The fourth-order valence-corrected chi connectivity index (χ4v) is 3.43. The molecule has 3 rings (SSSR count). The zero-order valence-corrected chi connectivity index (χ0v) is 15.0. The molecule has 1 aliphatic rings. The molecule has 0 bridgehead atoms. The van der Waals surface area contributed by atoms with E-state index in [4.69, 9.17) is 12.2 Å². The Morgan fingerprint density at radius 3 is 2.92 bits per heavy atom. The summed E-state index contributed by atoms with van der Waals surface area (Å²) in [5.74, 6) is 0. The van der Waals surface area contributed by atoms with Gasteiger partial charge in [-0.2, -0.15) is 0 Å². The first-order valence-corrected chi connectivity index (χ1v) is 9.07. The van der Waals surface area contributed by atoms with Gasteiger partial charge in [0.2, 0.25) is 0 Å². The zero-order chi connectivity index (χ0) is 16.8. The number of hydrogen-bond acceptors (Lipinski definition) is 2. The lowest BCUT2D eigenvalue weighted by Crippen LogP contribution is -2.34. The highest BCUT2D eigenvalue weighted by Crippen LogP contribution is 2.26. The van der Waals surface area contributed by atoms with Crippen LogP contribution < -0.4 is 15.5 Å². The third-order valence-electron chi connectivity index (χ3n) is 4.37. The van der Waals surface area contributed by atoms with Crippen LogP contribution in [0.5, 0.6) is 0 Å². The van der Waals surface area contributed by atoms with E-state index < -0.39 is 0 Å². The van der Waals surface area contributed by atoms with Crippen LogP contribution in [0.25, 0.3) is 0 Å². The lowest BCUT2D eigenvalue weighted by Gasteiger charge is -2.31. The highest BCUT2D eigenvalue weighted by Gasteiger charge is 2.15. The van der Waals surface area contributed by atoms with Crippen LogP contribution in [0.15, 0.2) is 48.5 Å². The monoisotopic (exact) mass is 339 g/mol. The first kappa shape index (κ1) is 16.8. The summed E-state index contributed by atoms with van der Waals surface area (Å²) in [5, 5.41) is 7.25. The van der Waals surface area contributed by atoms with E-state index in [1.807, 2.05) is 12.1 Å². The molecule has 0 spiro atoms. The number of anilines is 2. The van der Waals surface area contributed by atoms with E-state index in [-0.39, 0.29) is 0 Å². The van der Waals surface area contributed by atoms with Crippen molar-refractivity contribution in [2.24, 2.45) is 0 Å². The van der Waals surface area contributed by atoms with Gasteiger partial charge < -0.3 is 15.5 Å². The van der Waals surface area contributed by atoms with E-state index in [9.17, 15) is 0 Å². The van der Waals surface area contributed by atoms with Crippen LogP contribution >= 0.6 is 12.2 Å². The summed E-state index contributed by atoms with van der Waals surface area (Å²) in [5.41, 5.74) is 5.15. The van der Waals surface area contributed by atoms with E-state index in [1.54, 1.807) is 0 Å². The normalized spacial score (nSPS) is 13.3. The van der Waals surface area contributed by atoms with Gasteiger partial charge in [-0.15, -0.1) is 0 Å². The second-order valence-electron chi connectivity index (χ2n) is 6.32. The maximum absolute atomic E-state index is 5.38. The van der Waals surface area contributed by atoms with Gasteiger partial charge in [-0.25, -0.2) is 0 Å². The fraction of sp³-hybridized carbons (Fsp3) is 0.350.